The maximum absolute atomic E-state index is 13.8. The van der Waals surface area contributed by atoms with Crippen molar-refractivity contribution in [2.24, 2.45) is 11.7 Å². The summed E-state index contributed by atoms with van der Waals surface area (Å²) in [5, 5.41) is 1.12. The van der Waals surface area contributed by atoms with Crippen LogP contribution in [0, 0.1) is 5.92 Å². The van der Waals surface area contributed by atoms with E-state index in [1.807, 2.05) is 60.7 Å². The van der Waals surface area contributed by atoms with Gasteiger partial charge in [-0.25, -0.2) is 0 Å². The monoisotopic (exact) mass is 450 g/mol. The van der Waals surface area contributed by atoms with Crippen molar-refractivity contribution in [1.29, 1.82) is 0 Å². The summed E-state index contributed by atoms with van der Waals surface area (Å²) < 4.78 is 0. The predicted molar refractivity (Wildman–Crippen MR) is 136 cm³/mol. The molecule has 1 aliphatic carbocycles. The van der Waals surface area contributed by atoms with Gasteiger partial charge in [-0.1, -0.05) is 79.7 Å². The van der Waals surface area contributed by atoms with Crippen LogP contribution >= 0.6 is 0 Å². The Kier molecular flexibility index (Phi) is 6.16. The summed E-state index contributed by atoms with van der Waals surface area (Å²) in [5.41, 5.74) is 12.3. The highest BCUT2D eigenvalue weighted by Crippen LogP contribution is 2.45. The first-order valence-electron chi connectivity index (χ1n) is 12.1. The Hall–Kier alpha value is -3.50. The molecule has 34 heavy (non-hydrogen) atoms. The third-order valence-corrected chi connectivity index (χ3v) is 7.21. The van der Waals surface area contributed by atoms with Crippen molar-refractivity contribution in [2.45, 2.75) is 38.0 Å². The highest BCUT2D eigenvalue weighted by Gasteiger charge is 2.47. The number of carbonyl (C=O) groups excluding carboxylic acids is 2. The molecule has 3 aromatic carbocycles. The van der Waals surface area contributed by atoms with Crippen LogP contribution in [-0.4, -0.2) is 23.1 Å². The summed E-state index contributed by atoms with van der Waals surface area (Å²) in [6, 6.07) is 26.1. The predicted octanol–water partition coefficient (Wildman–Crippen LogP) is 5.31. The van der Waals surface area contributed by atoms with Crippen LogP contribution in [0.5, 0.6) is 0 Å². The van der Waals surface area contributed by atoms with Gasteiger partial charge in [-0.2, -0.15) is 0 Å². The molecular weight excluding hydrogens is 420 g/mol. The van der Waals surface area contributed by atoms with Gasteiger partial charge in [0, 0.05) is 28.9 Å². The van der Waals surface area contributed by atoms with Gasteiger partial charge in [0.15, 0.2) is 5.78 Å². The SMILES string of the molecule is CCc1ccc2c(CCN)c(C(c3ccccc3)C3C(=O)CC(c4ccccc4)C3=O)[nH]c2c1. The van der Waals surface area contributed by atoms with Gasteiger partial charge in [0.1, 0.15) is 5.78 Å². The Balaban J connectivity index is 1.68. The first-order chi connectivity index (χ1) is 16.6. The minimum Gasteiger partial charge on any atom is -0.358 e. The highest BCUT2D eigenvalue weighted by molar-refractivity contribution is 6.13. The maximum atomic E-state index is 13.8. The molecule has 0 bridgehead atoms. The lowest BCUT2D eigenvalue weighted by Gasteiger charge is -2.23. The molecular formula is C30H30N2O2. The topological polar surface area (TPSA) is 76.0 Å². The summed E-state index contributed by atoms with van der Waals surface area (Å²) in [7, 11) is 0. The van der Waals surface area contributed by atoms with Crippen LogP contribution in [0.15, 0.2) is 78.9 Å². The second-order valence-corrected chi connectivity index (χ2v) is 9.19. The summed E-state index contributed by atoms with van der Waals surface area (Å²) in [6.07, 6.45) is 1.88. The Labute approximate surface area is 200 Å². The molecule has 1 aromatic heterocycles. The third kappa shape index (κ3) is 3.88. The number of hydrogen-bond donors (Lipinski definition) is 2. The molecule has 3 atom stereocenters. The van der Waals surface area contributed by atoms with Crippen molar-refractivity contribution in [1.82, 2.24) is 4.98 Å². The average molecular weight is 451 g/mol. The van der Waals surface area contributed by atoms with Crippen molar-refractivity contribution in [2.75, 3.05) is 6.54 Å². The van der Waals surface area contributed by atoms with Crippen LogP contribution in [0.25, 0.3) is 10.9 Å². The molecule has 172 valence electrons. The Morgan fingerprint density at radius 1 is 0.971 bits per heavy atom. The summed E-state index contributed by atoms with van der Waals surface area (Å²) >= 11 is 0. The number of Topliss-reactive ketones (excluding diaryl/α,β-unsaturated/α-hetero) is 2. The van der Waals surface area contributed by atoms with Gasteiger partial charge in [0.05, 0.1) is 11.8 Å². The van der Waals surface area contributed by atoms with Crippen molar-refractivity contribution >= 4 is 22.5 Å². The van der Waals surface area contributed by atoms with Gasteiger partial charge >= 0.3 is 0 Å². The van der Waals surface area contributed by atoms with E-state index in [9.17, 15) is 9.59 Å². The smallest absolute Gasteiger partial charge is 0.152 e. The van der Waals surface area contributed by atoms with E-state index in [2.05, 4.69) is 30.1 Å². The molecule has 1 heterocycles. The number of aromatic nitrogens is 1. The number of hydrogen-bond acceptors (Lipinski definition) is 3. The van der Waals surface area contributed by atoms with Crippen molar-refractivity contribution < 1.29 is 9.59 Å². The van der Waals surface area contributed by atoms with Crippen molar-refractivity contribution in [3.8, 4) is 0 Å². The minimum atomic E-state index is -0.720. The molecule has 4 aromatic rings. The highest BCUT2D eigenvalue weighted by atomic mass is 16.2. The number of fused-ring (bicyclic) bond motifs is 1. The molecule has 0 amide bonds. The third-order valence-electron chi connectivity index (χ3n) is 7.21. The fourth-order valence-electron chi connectivity index (χ4n) is 5.53. The van der Waals surface area contributed by atoms with E-state index in [1.54, 1.807) is 0 Å². The Morgan fingerprint density at radius 2 is 1.68 bits per heavy atom. The normalized spacial score (nSPS) is 19.1. The van der Waals surface area contributed by atoms with Crippen LogP contribution in [0.3, 0.4) is 0 Å². The number of nitrogens with two attached hydrogens (primary N) is 1. The van der Waals surface area contributed by atoms with E-state index in [1.165, 1.54) is 5.56 Å². The molecule has 4 nitrogen and oxygen atoms in total. The van der Waals surface area contributed by atoms with Gasteiger partial charge in [-0.05, 0) is 47.7 Å². The Morgan fingerprint density at radius 3 is 2.35 bits per heavy atom. The second kappa shape index (κ2) is 9.40. The molecule has 0 spiro atoms. The minimum absolute atomic E-state index is 0.0108. The molecule has 3 N–H and O–H groups in total. The molecule has 1 fully saturated rings. The second-order valence-electron chi connectivity index (χ2n) is 9.19. The molecule has 0 saturated heterocycles. The van der Waals surface area contributed by atoms with Crippen LogP contribution in [0.4, 0.5) is 0 Å². The van der Waals surface area contributed by atoms with Crippen LogP contribution < -0.4 is 5.73 Å². The zero-order chi connectivity index (χ0) is 23.7. The van der Waals surface area contributed by atoms with Gasteiger partial charge < -0.3 is 10.7 Å². The van der Waals surface area contributed by atoms with Crippen LogP contribution in [0.1, 0.15) is 53.1 Å². The van der Waals surface area contributed by atoms with Gasteiger partial charge in [0.2, 0.25) is 0 Å². The first kappa shape index (κ1) is 22.3. The molecule has 0 aliphatic heterocycles. The molecule has 1 aliphatic rings. The fourth-order valence-corrected chi connectivity index (χ4v) is 5.53. The van der Waals surface area contributed by atoms with E-state index >= 15 is 0 Å². The zero-order valence-electron chi connectivity index (χ0n) is 19.5. The zero-order valence-corrected chi connectivity index (χ0v) is 19.5. The molecule has 0 radical (unpaired) electrons. The number of aryl methyl sites for hydroxylation is 1. The summed E-state index contributed by atoms with van der Waals surface area (Å²) in [5.74, 6) is -1.45. The lowest BCUT2D eigenvalue weighted by atomic mass is 9.78. The van der Waals surface area contributed by atoms with E-state index in [0.717, 1.165) is 39.7 Å². The number of benzene rings is 3. The lowest BCUT2D eigenvalue weighted by molar-refractivity contribution is -0.128. The van der Waals surface area contributed by atoms with E-state index in [0.29, 0.717) is 13.0 Å². The molecule has 1 saturated carbocycles. The van der Waals surface area contributed by atoms with Crippen molar-refractivity contribution in [3.05, 3.63) is 107 Å². The number of nitrogens with one attached hydrogen (secondary N) is 1. The quantitative estimate of drug-likeness (QED) is 0.375. The molecule has 5 rings (SSSR count). The van der Waals surface area contributed by atoms with Crippen molar-refractivity contribution in [3.63, 3.8) is 0 Å². The summed E-state index contributed by atoms with van der Waals surface area (Å²) in [4.78, 5) is 30.9. The van der Waals surface area contributed by atoms with E-state index in [4.69, 9.17) is 5.73 Å². The largest absolute Gasteiger partial charge is 0.358 e. The van der Waals surface area contributed by atoms with Crippen LogP contribution in [-0.2, 0) is 22.4 Å². The fraction of sp³-hybridized carbons (Fsp3) is 0.267. The average Bonchev–Trinajstić information content (AvgIpc) is 3.37. The van der Waals surface area contributed by atoms with E-state index in [-0.39, 0.29) is 29.8 Å². The summed E-state index contributed by atoms with van der Waals surface area (Å²) in [6.45, 7) is 2.63. The van der Waals surface area contributed by atoms with E-state index < -0.39 is 5.92 Å². The number of aromatic amines is 1. The molecule has 4 heteroatoms. The van der Waals surface area contributed by atoms with Gasteiger partial charge in [-0.3, -0.25) is 9.59 Å². The maximum Gasteiger partial charge on any atom is 0.152 e. The number of rotatable bonds is 7. The number of carbonyl (C=O) groups is 2. The van der Waals surface area contributed by atoms with Crippen LogP contribution in [0.2, 0.25) is 0 Å². The van der Waals surface area contributed by atoms with Gasteiger partial charge in [0.25, 0.3) is 0 Å². The molecule has 3 unspecified atom stereocenters. The first-order valence-corrected chi connectivity index (χ1v) is 12.1. The Bertz CT molecular complexity index is 1320. The standard InChI is InChI=1S/C30H30N2O2/c1-2-19-13-14-22-23(15-16-31)29(32-25(22)17-19)27(21-11-7-4-8-12-21)28-26(33)18-24(30(28)34)20-9-5-3-6-10-20/h3-14,17,24,27-28,32H,2,15-16,18,31H2,1H3. The number of H-pyrrole nitrogens is 1. The lowest BCUT2D eigenvalue weighted by Crippen LogP contribution is -2.26. The van der Waals surface area contributed by atoms with Gasteiger partial charge in [-0.15, -0.1) is 0 Å². The number of ketones is 2.